The second-order valence-corrected chi connectivity index (χ2v) is 8.94. The Morgan fingerprint density at radius 2 is 2.17 bits per heavy atom. The molecule has 0 unspecified atom stereocenters. The van der Waals surface area contributed by atoms with Crippen molar-refractivity contribution in [2.24, 2.45) is 5.92 Å². The molecule has 6 nitrogen and oxygen atoms in total. The summed E-state index contributed by atoms with van der Waals surface area (Å²) in [5, 5.41) is 3.72. The van der Waals surface area contributed by atoms with Gasteiger partial charge in [0, 0.05) is 23.2 Å². The number of carbonyl (C=O) groups excluding carboxylic acids is 1. The minimum atomic E-state index is -3.57. The van der Waals surface area contributed by atoms with E-state index in [2.05, 4.69) is 15.0 Å². The third-order valence-electron chi connectivity index (χ3n) is 3.76. The molecule has 0 spiro atoms. The van der Waals surface area contributed by atoms with Crippen LogP contribution in [0.1, 0.15) is 33.1 Å². The van der Waals surface area contributed by atoms with Crippen LogP contribution >= 0.6 is 11.3 Å². The van der Waals surface area contributed by atoms with Crippen molar-refractivity contribution >= 4 is 27.3 Å². The van der Waals surface area contributed by atoms with Crippen molar-refractivity contribution in [2.45, 2.75) is 31.2 Å². The Labute approximate surface area is 145 Å². The van der Waals surface area contributed by atoms with Crippen LogP contribution in [0.15, 0.2) is 35.4 Å². The van der Waals surface area contributed by atoms with Crippen LogP contribution in [-0.4, -0.2) is 25.9 Å². The normalized spacial score (nSPS) is 14.5. The van der Waals surface area contributed by atoms with E-state index in [1.807, 2.05) is 6.92 Å². The topological polar surface area (TPSA) is 88.2 Å². The molecule has 1 heterocycles. The van der Waals surface area contributed by atoms with Crippen LogP contribution in [0.2, 0.25) is 0 Å². The first-order chi connectivity index (χ1) is 11.4. The summed E-state index contributed by atoms with van der Waals surface area (Å²) in [6, 6.07) is 6.09. The van der Waals surface area contributed by atoms with E-state index in [0.29, 0.717) is 24.6 Å². The van der Waals surface area contributed by atoms with Gasteiger partial charge in [0.2, 0.25) is 10.0 Å². The van der Waals surface area contributed by atoms with E-state index in [0.717, 1.165) is 22.7 Å². The molecule has 3 rings (SSSR count). The highest BCUT2D eigenvalue weighted by Gasteiger charge is 2.24. The van der Waals surface area contributed by atoms with Gasteiger partial charge in [0.1, 0.15) is 0 Å². The van der Waals surface area contributed by atoms with E-state index in [1.54, 1.807) is 18.3 Å². The maximum atomic E-state index is 12.3. The molecule has 1 aliphatic rings. The van der Waals surface area contributed by atoms with Crippen LogP contribution in [0.25, 0.3) is 0 Å². The first-order valence-electron chi connectivity index (χ1n) is 7.73. The number of benzene rings is 1. The number of rotatable bonds is 7. The molecule has 2 aromatic rings. The molecule has 1 aromatic carbocycles. The summed E-state index contributed by atoms with van der Waals surface area (Å²) in [4.78, 5) is 17.4. The third kappa shape index (κ3) is 4.40. The summed E-state index contributed by atoms with van der Waals surface area (Å²) < 4.78 is 27.1. The van der Waals surface area contributed by atoms with Crippen molar-refractivity contribution in [3.63, 3.8) is 0 Å². The minimum absolute atomic E-state index is 0.115. The molecule has 0 saturated heterocycles. The Bertz CT molecular complexity index is 842. The molecule has 1 amide bonds. The molecule has 2 N–H and O–H groups in total. The molecule has 128 valence electrons. The van der Waals surface area contributed by atoms with E-state index in [-0.39, 0.29) is 10.8 Å². The largest absolute Gasteiger partial charge is 0.347 e. The molecule has 1 fully saturated rings. The van der Waals surface area contributed by atoms with Gasteiger partial charge in [-0.1, -0.05) is 6.07 Å². The minimum Gasteiger partial charge on any atom is -0.347 e. The number of sulfonamides is 1. The van der Waals surface area contributed by atoms with Crippen molar-refractivity contribution < 1.29 is 13.2 Å². The van der Waals surface area contributed by atoms with Gasteiger partial charge in [-0.25, -0.2) is 18.1 Å². The molecule has 1 aliphatic carbocycles. The van der Waals surface area contributed by atoms with E-state index in [9.17, 15) is 13.2 Å². The molecular weight excluding hydrogens is 346 g/mol. The lowest BCUT2D eigenvalue weighted by atomic mass is 10.2. The van der Waals surface area contributed by atoms with Gasteiger partial charge in [-0.05, 0) is 43.9 Å². The number of aromatic nitrogens is 1. The summed E-state index contributed by atoms with van der Waals surface area (Å²) in [5.74, 6) is 0.148. The van der Waals surface area contributed by atoms with Gasteiger partial charge in [0.25, 0.3) is 5.91 Å². The molecule has 0 radical (unpaired) electrons. The lowest BCUT2D eigenvalue weighted by molar-refractivity contribution is 0.0951. The standard InChI is InChI=1S/C16H19N3O3S2/c1-11-17-9-14(23-11)10-18-16(20)13-3-2-4-15(7-13)24(21,22)19-8-12-5-6-12/h2-4,7,9,12,19H,5-6,8,10H2,1H3,(H,18,20). The van der Waals surface area contributed by atoms with Crippen LogP contribution in [0.5, 0.6) is 0 Å². The first kappa shape index (κ1) is 17.1. The van der Waals surface area contributed by atoms with Gasteiger partial charge in [-0.3, -0.25) is 4.79 Å². The van der Waals surface area contributed by atoms with Crippen molar-refractivity contribution in [1.82, 2.24) is 15.0 Å². The fourth-order valence-electron chi connectivity index (χ4n) is 2.19. The lowest BCUT2D eigenvalue weighted by Gasteiger charge is -2.08. The zero-order chi connectivity index (χ0) is 17.2. The van der Waals surface area contributed by atoms with Crippen LogP contribution in [0.4, 0.5) is 0 Å². The fourth-order valence-corrected chi connectivity index (χ4v) is 4.09. The van der Waals surface area contributed by atoms with Crippen LogP contribution < -0.4 is 10.0 Å². The number of nitrogens with one attached hydrogen (secondary N) is 2. The maximum Gasteiger partial charge on any atom is 0.251 e. The molecule has 1 saturated carbocycles. The van der Waals surface area contributed by atoms with E-state index in [1.165, 1.54) is 23.5 Å². The summed E-state index contributed by atoms with van der Waals surface area (Å²) in [5.41, 5.74) is 0.325. The monoisotopic (exact) mass is 365 g/mol. The number of nitrogens with zero attached hydrogens (tertiary/aromatic N) is 1. The molecule has 8 heteroatoms. The van der Waals surface area contributed by atoms with Crippen molar-refractivity contribution in [1.29, 1.82) is 0 Å². The van der Waals surface area contributed by atoms with E-state index < -0.39 is 10.0 Å². The Kier molecular flexibility index (Phi) is 4.98. The quantitative estimate of drug-likeness (QED) is 0.786. The zero-order valence-corrected chi connectivity index (χ0v) is 14.9. The number of hydrogen-bond acceptors (Lipinski definition) is 5. The summed E-state index contributed by atoms with van der Waals surface area (Å²) in [7, 11) is -3.57. The Morgan fingerprint density at radius 1 is 1.38 bits per heavy atom. The highest BCUT2D eigenvalue weighted by atomic mass is 32.2. The maximum absolute atomic E-state index is 12.3. The molecule has 0 atom stereocenters. The second-order valence-electron chi connectivity index (χ2n) is 5.85. The van der Waals surface area contributed by atoms with Crippen molar-refractivity contribution in [2.75, 3.05) is 6.54 Å². The Balaban J connectivity index is 1.66. The van der Waals surface area contributed by atoms with Gasteiger partial charge in [0.15, 0.2) is 0 Å². The smallest absolute Gasteiger partial charge is 0.251 e. The third-order valence-corrected chi connectivity index (χ3v) is 6.09. The van der Waals surface area contributed by atoms with Gasteiger partial charge in [0.05, 0.1) is 16.4 Å². The predicted molar refractivity (Wildman–Crippen MR) is 92.4 cm³/mol. The molecule has 0 aliphatic heterocycles. The fraction of sp³-hybridized carbons (Fsp3) is 0.375. The number of hydrogen-bond donors (Lipinski definition) is 2. The number of amides is 1. The van der Waals surface area contributed by atoms with Gasteiger partial charge in [-0.15, -0.1) is 11.3 Å². The van der Waals surface area contributed by atoms with Gasteiger partial charge >= 0.3 is 0 Å². The van der Waals surface area contributed by atoms with Crippen molar-refractivity contribution in [3.8, 4) is 0 Å². The Hall–Kier alpha value is -1.77. The Morgan fingerprint density at radius 3 is 2.83 bits per heavy atom. The number of aryl methyl sites for hydroxylation is 1. The molecular formula is C16H19N3O3S2. The van der Waals surface area contributed by atoms with Crippen LogP contribution in [0.3, 0.4) is 0 Å². The summed E-state index contributed by atoms with van der Waals surface area (Å²) in [6.07, 6.45) is 3.87. The summed E-state index contributed by atoms with van der Waals surface area (Å²) >= 11 is 1.52. The van der Waals surface area contributed by atoms with E-state index in [4.69, 9.17) is 0 Å². The SMILES string of the molecule is Cc1ncc(CNC(=O)c2cccc(S(=O)(=O)NCC3CC3)c2)s1. The average molecular weight is 365 g/mol. The molecule has 24 heavy (non-hydrogen) atoms. The highest BCUT2D eigenvalue weighted by Crippen LogP contribution is 2.28. The van der Waals surface area contributed by atoms with Gasteiger partial charge < -0.3 is 5.32 Å². The second kappa shape index (κ2) is 7.00. The zero-order valence-electron chi connectivity index (χ0n) is 13.3. The lowest BCUT2D eigenvalue weighted by Crippen LogP contribution is -2.27. The van der Waals surface area contributed by atoms with Crippen LogP contribution in [0, 0.1) is 12.8 Å². The average Bonchev–Trinajstić information content (AvgIpc) is 3.32. The first-order valence-corrected chi connectivity index (χ1v) is 10.0. The molecule has 0 bridgehead atoms. The summed E-state index contributed by atoms with van der Waals surface area (Å²) in [6.45, 7) is 2.74. The number of carbonyl (C=O) groups is 1. The van der Waals surface area contributed by atoms with Gasteiger partial charge in [-0.2, -0.15) is 0 Å². The number of thiazole rings is 1. The van der Waals surface area contributed by atoms with E-state index >= 15 is 0 Å². The highest BCUT2D eigenvalue weighted by molar-refractivity contribution is 7.89. The molecule has 1 aromatic heterocycles. The predicted octanol–water partition coefficient (Wildman–Crippen LogP) is 2.07. The van der Waals surface area contributed by atoms with Crippen LogP contribution in [-0.2, 0) is 16.6 Å². The van der Waals surface area contributed by atoms with Crippen molar-refractivity contribution in [3.05, 3.63) is 45.9 Å².